The monoisotopic (exact) mass is 493 g/mol. The maximum Gasteiger partial charge on any atom is 0.408 e. The lowest BCUT2D eigenvalue weighted by Crippen LogP contribution is -2.46. The Labute approximate surface area is 207 Å². The second-order valence-corrected chi connectivity index (χ2v) is 10.5. The summed E-state index contributed by atoms with van der Waals surface area (Å²) in [5, 5.41) is 8.30. The third kappa shape index (κ3) is 8.19. The molecular formula is C26H40FN3O5. The van der Waals surface area contributed by atoms with Crippen LogP contribution in [0.2, 0.25) is 0 Å². The van der Waals surface area contributed by atoms with Crippen LogP contribution < -0.4 is 16.0 Å². The van der Waals surface area contributed by atoms with Crippen LogP contribution in [0.5, 0.6) is 0 Å². The predicted molar refractivity (Wildman–Crippen MR) is 133 cm³/mol. The minimum absolute atomic E-state index is 0.0603. The molecule has 1 aromatic carbocycles. The molecule has 1 fully saturated rings. The zero-order valence-corrected chi connectivity index (χ0v) is 21.9. The maximum atomic E-state index is 15.0. The number of carbonyl (C=O) groups excluding carboxylic acids is 3. The van der Waals surface area contributed by atoms with Gasteiger partial charge in [-0.1, -0.05) is 32.8 Å². The van der Waals surface area contributed by atoms with Gasteiger partial charge in [-0.3, -0.25) is 4.79 Å². The number of rotatable bonds is 8. The Morgan fingerprint density at radius 1 is 1.11 bits per heavy atom. The first kappa shape index (κ1) is 28.6. The fourth-order valence-electron chi connectivity index (χ4n) is 4.47. The van der Waals surface area contributed by atoms with Gasteiger partial charge in [0, 0.05) is 5.92 Å². The van der Waals surface area contributed by atoms with Gasteiger partial charge in [0.1, 0.15) is 17.5 Å². The number of esters is 1. The van der Waals surface area contributed by atoms with E-state index in [1.54, 1.807) is 40.8 Å². The van der Waals surface area contributed by atoms with E-state index in [0.29, 0.717) is 11.5 Å². The van der Waals surface area contributed by atoms with Gasteiger partial charge in [0.2, 0.25) is 5.91 Å². The normalized spacial score (nSPS) is 20.8. The molecule has 2 amide bonds. The largest absolute Gasteiger partial charge is 0.467 e. The highest BCUT2D eigenvalue weighted by atomic mass is 19.1. The minimum Gasteiger partial charge on any atom is -0.467 e. The van der Waals surface area contributed by atoms with E-state index in [4.69, 9.17) is 9.47 Å². The number of ether oxygens (including phenoxy) is 2. The summed E-state index contributed by atoms with van der Waals surface area (Å²) in [5.74, 6) is -1.33. The van der Waals surface area contributed by atoms with E-state index in [1.807, 2.05) is 0 Å². The number of likely N-dealkylation sites (N-methyl/N-ethyl adjacent to an activating group) is 1. The highest BCUT2D eigenvalue weighted by molar-refractivity contribution is 5.95. The second-order valence-electron chi connectivity index (χ2n) is 10.5. The maximum absolute atomic E-state index is 15.0. The van der Waals surface area contributed by atoms with E-state index in [1.165, 1.54) is 19.2 Å². The minimum atomic E-state index is -1.09. The Balaban J connectivity index is 2.14. The van der Waals surface area contributed by atoms with Gasteiger partial charge in [-0.15, -0.1) is 0 Å². The van der Waals surface area contributed by atoms with Crippen LogP contribution in [-0.2, 0) is 19.1 Å². The number of hydrogen-bond donors (Lipinski definition) is 3. The van der Waals surface area contributed by atoms with E-state index in [-0.39, 0.29) is 17.5 Å². The molecule has 35 heavy (non-hydrogen) atoms. The van der Waals surface area contributed by atoms with Crippen LogP contribution >= 0.6 is 0 Å². The molecule has 0 bridgehead atoms. The van der Waals surface area contributed by atoms with E-state index >= 15 is 0 Å². The predicted octanol–water partition coefficient (Wildman–Crippen LogP) is 4.35. The summed E-state index contributed by atoms with van der Waals surface area (Å²) < 4.78 is 25.1. The van der Waals surface area contributed by atoms with E-state index in [2.05, 4.69) is 22.9 Å². The standard InChI is InChI=1S/C26H40FN3O5/c1-15-8-10-17(11-9-15)22(28-6)23(31)29-20-13-12-18(14-19(20)27)16(2)21(24(32)34-7)30-25(33)35-26(3,4)5/h12-17,21-22,28H,8-11H2,1-7H3,(H,29,31)(H,30,33)/t15-,16-,17-,21+,22-/m0/s1. The molecule has 3 N–H and O–H groups in total. The van der Waals surface area contributed by atoms with Crippen LogP contribution in [0.25, 0.3) is 0 Å². The smallest absolute Gasteiger partial charge is 0.408 e. The molecule has 0 spiro atoms. The third-order valence-corrected chi connectivity index (χ3v) is 6.53. The van der Waals surface area contributed by atoms with Gasteiger partial charge in [-0.2, -0.15) is 0 Å². The van der Waals surface area contributed by atoms with Crippen molar-refractivity contribution in [2.45, 2.75) is 83.9 Å². The lowest BCUT2D eigenvalue weighted by Gasteiger charge is -2.31. The Hall–Kier alpha value is -2.68. The van der Waals surface area contributed by atoms with Crippen molar-refractivity contribution in [3.05, 3.63) is 29.6 Å². The third-order valence-electron chi connectivity index (χ3n) is 6.53. The molecule has 1 saturated carbocycles. The van der Waals surface area contributed by atoms with Crippen molar-refractivity contribution in [3.8, 4) is 0 Å². The Morgan fingerprint density at radius 2 is 1.74 bits per heavy atom. The molecule has 0 aliphatic heterocycles. The SMILES string of the molecule is CN[C@H](C(=O)Nc1ccc([C@H](C)[C@@H](NC(=O)OC(C)(C)C)C(=O)OC)cc1F)[C@H]1CC[C@H](C)CC1. The molecule has 0 radical (unpaired) electrons. The summed E-state index contributed by atoms with van der Waals surface area (Å²) in [5.41, 5.74) is -0.232. The number of amides is 2. The Morgan fingerprint density at radius 3 is 2.26 bits per heavy atom. The molecule has 8 nitrogen and oxygen atoms in total. The van der Waals surface area contributed by atoms with Gasteiger partial charge >= 0.3 is 12.1 Å². The van der Waals surface area contributed by atoms with Crippen molar-refractivity contribution < 1.29 is 28.2 Å². The van der Waals surface area contributed by atoms with Gasteiger partial charge in [0.05, 0.1) is 18.8 Å². The average Bonchev–Trinajstić information content (AvgIpc) is 2.78. The molecule has 1 aromatic rings. The zero-order valence-electron chi connectivity index (χ0n) is 21.9. The van der Waals surface area contributed by atoms with Gasteiger partial charge in [-0.25, -0.2) is 14.0 Å². The van der Waals surface area contributed by atoms with E-state index in [0.717, 1.165) is 25.7 Å². The summed E-state index contributed by atoms with van der Waals surface area (Å²) in [4.78, 5) is 37.5. The van der Waals surface area contributed by atoms with Gasteiger partial charge in [-0.05, 0) is 70.2 Å². The van der Waals surface area contributed by atoms with Gasteiger partial charge < -0.3 is 25.4 Å². The quantitative estimate of drug-likeness (QED) is 0.465. The van der Waals surface area contributed by atoms with E-state index < -0.39 is 41.5 Å². The van der Waals surface area contributed by atoms with Crippen molar-refractivity contribution >= 4 is 23.7 Å². The lowest BCUT2D eigenvalue weighted by atomic mass is 9.79. The van der Waals surface area contributed by atoms with Crippen LogP contribution in [0.3, 0.4) is 0 Å². The molecule has 9 heteroatoms. The van der Waals surface area contributed by atoms with Crippen LogP contribution in [0.15, 0.2) is 18.2 Å². The molecule has 1 aliphatic rings. The van der Waals surface area contributed by atoms with Crippen LogP contribution in [0, 0.1) is 17.7 Å². The number of methoxy groups -OCH3 is 1. The summed E-state index contributed by atoms with van der Waals surface area (Å²) in [6.07, 6.45) is 3.29. The lowest BCUT2D eigenvalue weighted by molar-refractivity contribution is -0.143. The summed E-state index contributed by atoms with van der Waals surface area (Å²) in [7, 11) is 2.96. The Bertz CT molecular complexity index is 893. The molecule has 1 aliphatic carbocycles. The second kappa shape index (κ2) is 12.3. The fraction of sp³-hybridized carbons (Fsp3) is 0.654. The number of alkyl carbamates (subject to hydrolysis) is 1. The topological polar surface area (TPSA) is 106 Å². The molecule has 0 unspecified atom stereocenters. The van der Waals surface area contributed by atoms with E-state index in [9.17, 15) is 18.8 Å². The number of halogens is 1. The first-order valence-corrected chi connectivity index (χ1v) is 12.2. The molecular weight excluding hydrogens is 453 g/mol. The highest BCUT2D eigenvalue weighted by Crippen LogP contribution is 2.31. The number of hydrogen-bond acceptors (Lipinski definition) is 6. The van der Waals surface area contributed by atoms with Gasteiger partial charge in [0.15, 0.2) is 0 Å². The molecule has 0 aromatic heterocycles. The average molecular weight is 494 g/mol. The first-order chi connectivity index (χ1) is 16.4. The molecule has 0 saturated heterocycles. The molecule has 3 atom stereocenters. The molecule has 196 valence electrons. The summed E-state index contributed by atoms with van der Waals surface area (Å²) in [6.45, 7) is 9.01. The van der Waals surface area contributed by atoms with Crippen molar-refractivity contribution in [2.24, 2.45) is 11.8 Å². The Kier molecular flexibility index (Phi) is 10.1. The molecule has 0 heterocycles. The van der Waals surface area contributed by atoms with Gasteiger partial charge in [0.25, 0.3) is 0 Å². The number of carbonyl (C=O) groups is 3. The summed E-state index contributed by atoms with van der Waals surface area (Å²) >= 11 is 0. The fourth-order valence-corrected chi connectivity index (χ4v) is 4.47. The number of anilines is 1. The van der Waals surface area contributed by atoms with Crippen molar-refractivity contribution in [3.63, 3.8) is 0 Å². The number of nitrogens with one attached hydrogen (secondary N) is 3. The van der Waals surface area contributed by atoms with Crippen molar-refractivity contribution in [1.29, 1.82) is 0 Å². The number of benzene rings is 1. The first-order valence-electron chi connectivity index (χ1n) is 12.2. The highest BCUT2D eigenvalue weighted by Gasteiger charge is 2.32. The zero-order chi connectivity index (χ0) is 26.3. The molecule has 2 rings (SSSR count). The van der Waals surface area contributed by atoms with Crippen molar-refractivity contribution in [1.82, 2.24) is 10.6 Å². The van der Waals surface area contributed by atoms with Crippen molar-refractivity contribution in [2.75, 3.05) is 19.5 Å². The van der Waals surface area contributed by atoms with Crippen LogP contribution in [-0.4, -0.2) is 49.8 Å². The summed E-state index contributed by atoms with van der Waals surface area (Å²) in [6, 6.07) is 2.85. The van der Waals surface area contributed by atoms with Crippen LogP contribution in [0.1, 0.15) is 71.8 Å². The van der Waals surface area contributed by atoms with Crippen LogP contribution in [0.4, 0.5) is 14.9 Å².